The molecule has 0 radical (unpaired) electrons. The van der Waals surface area contributed by atoms with Crippen LogP contribution >= 0.6 is 0 Å². The van der Waals surface area contributed by atoms with Crippen molar-refractivity contribution in [3.8, 4) is 0 Å². The molecule has 1 aromatic heterocycles. The Balaban J connectivity index is 1.61. The number of aliphatic carboxylic acids is 1. The fourth-order valence-corrected chi connectivity index (χ4v) is 3.25. The van der Waals surface area contributed by atoms with Crippen LogP contribution in [0.15, 0.2) is 12.4 Å². The minimum atomic E-state index is -0.645. The summed E-state index contributed by atoms with van der Waals surface area (Å²) in [4.78, 5) is 22.2. The Labute approximate surface area is 124 Å². The number of carboxylic acid groups (broad SMARTS) is 1. The van der Waals surface area contributed by atoms with Crippen LogP contribution in [-0.4, -0.2) is 45.6 Å². The zero-order valence-corrected chi connectivity index (χ0v) is 12.3. The summed E-state index contributed by atoms with van der Waals surface area (Å²) in [5, 5.41) is 12.4. The molecule has 21 heavy (non-hydrogen) atoms. The van der Waals surface area contributed by atoms with Crippen molar-refractivity contribution in [3.05, 3.63) is 18.0 Å². The molecule has 1 aliphatic heterocycles. The molecule has 2 aliphatic rings. The maximum absolute atomic E-state index is 11.4. The smallest absolute Gasteiger partial charge is 0.308 e. The average Bonchev–Trinajstić information content (AvgIpc) is 3.22. The molecule has 2 atom stereocenters. The number of nitrogens with one attached hydrogen (secondary N) is 1. The Morgan fingerprint density at radius 2 is 2.10 bits per heavy atom. The number of likely N-dealkylation sites (tertiary alicyclic amines) is 1. The third-order valence-electron chi connectivity index (χ3n) is 4.43. The number of carboxylic acids is 1. The molecule has 6 heteroatoms. The number of hydrogen-bond acceptors (Lipinski definition) is 5. The van der Waals surface area contributed by atoms with Crippen molar-refractivity contribution in [1.29, 1.82) is 0 Å². The Kier molecular flexibility index (Phi) is 4.05. The summed E-state index contributed by atoms with van der Waals surface area (Å²) >= 11 is 0. The molecule has 2 heterocycles. The van der Waals surface area contributed by atoms with Crippen LogP contribution in [0.3, 0.4) is 0 Å². The molecule has 114 valence electrons. The molecule has 0 spiro atoms. The van der Waals surface area contributed by atoms with Gasteiger partial charge in [0.25, 0.3) is 0 Å². The van der Waals surface area contributed by atoms with Gasteiger partial charge >= 0.3 is 5.97 Å². The fraction of sp³-hybridized carbons (Fsp3) is 0.667. The van der Waals surface area contributed by atoms with Gasteiger partial charge in [0, 0.05) is 44.1 Å². The molecule has 3 rings (SSSR count). The normalized spacial score (nSPS) is 26.0. The van der Waals surface area contributed by atoms with Crippen molar-refractivity contribution < 1.29 is 9.90 Å². The molecule has 0 amide bonds. The summed E-state index contributed by atoms with van der Waals surface area (Å²) in [5.41, 5.74) is 1.04. The second kappa shape index (κ2) is 5.97. The first-order valence-electron chi connectivity index (χ1n) is 7.67. The van der Waals surface area contributed by atoms with Gasteiger partial charge in [0.05, 0.1) is 5.92 Å². The first kappa shape index (κ1) is 14.3. The quantitative estimate of drug-likeness (QED) is 0.825. The molecule has 2 fully saturated rings. The van der Waals surface area contributed by atoms with Gasteiger partial charge in [-0.2, -0.15) is 0 Å². The van der Waals surface area contributed by atoms with Crippen molar-refractivity contribution in [2.45, 2.75) is 26.3 Å². The van der Waals surface area contributed by atoms with Gasteiger partial charge in [0.1, 0.15) is 0 Å². The summed E-state index contributed by atoms with van der Waals surface area (Å²) < 4.78 is 0. The summed E-state index contributed by atoms with van der Waals surface area (Å²) in [7, 11) is 0. The molecule has 0 bridgehead atoms. The number of aromatic nitrogens is 2. The first-order valence-corrected chi connectivity index (χ1v) is 7.67. The second-order valence-electron chi connectivity index (χ2n) is 6.09. The highest BCUT2D eigenvalue weighted by molar-refractivity contribution is 5.71. The predicted octanol–water partition coefficient (Wildman–Crippen LogP) is 1.45. The van der Waals surface area contributed by atoms with E-state index in [-0.39, 0.29) is 5.92 Å². The van der Waals surface area contributed by atoms with E-state index in [1.54, 1.807) is 0 Å². The molecule has 0 aromatic carbocycles. The lowest BCUT2D eigenvalue weighted by atomic mass is 9.92. The lowest BCUT2D eigenvalue weighted by molar-refractivity contribution is -0.142. The van der Waals surface area contributed by atoms with Crippen LogP contribution in [0.4, 0.5) is 5.95 Å². The summed E-state index contributed by atoms with van der Waals surface area (Å²) in [6.45, 7) is 5.07. The van der Waals surface area contributed by atoms with Crippen LogP contribution in [0.25, 0.3) is 0 Å². The number of nitrogens with zero attached hydrogens (tertiary/aromatic N) is 3. The molecule has 2 N–H and O–H groups in total. The van der Waals surface area contributed by atoms with Crippen molar-refractivity contribution in [2.75, 3.05) is 25.0 Å². The minimum absolute atomic E-state index is 0.209. The standard InChI is InChI=1S/C15H22N4O2/c1-2-16-15-17-5-10(6-18-15)7-19-8-12(11-3-4-11)13(9-19)14(20)21/h5-6,11-13H,2-4,7-9H2,1H3,(H,20,21)(H,16,17,18)/t12-,13+/m0/s1. The Morgan fingerprint density at radius 1 is 1.38 bits per heavy atom. The van der Waals surface area contributed by atoms with Crippen molar-refractivity contribution in [2.24, 2.45) is 17.8 Å². The van der Waals surface area contributed by atoms with Crippen LogP contribution in [-0.2, 0) is 11.3 Å². The molecule has 1 saturated heterocycles. The second-order valence-corrected chi connectivity index (χ2v) is 6.09. The highest BCUT2D eigenvalue weighted by Crippen LogP contribution is 2.44. The van der Waals surface area contributed by atoms with Gasteiger partial charge in [-0.05, 0) is 31.6 Å². The largest absolute Gasteiger partial charge is 0.481 e. The monoisotopic (exact) mass is 290 g/mol. The molecule has 0 unspecified atom stereocenters. The van der Waals surface area contributed by atoms with Crippen LogP contribution in [0.5, 0.6) is 0 Å². The van der Waals surface area contributed by atoms with E-state index in [0.717, 1.165) is 25.2 Å². The number of anilines is 1. The van der Waals surface area contributed by atoms with Gasteiger partial charge < -0.3 is 10.4 Å². The number of hydrogen-bond donors (Lipinski definition) is 2. The van der Waals surface area contributed by atoms with Gasteiger partial charge in [-0.3, -0.25) is 9.69 Å². The lowest BCUT2D eigenvalue weighted by Gasteiger charge is -2.15. The van der Waals surface area contributed by atoms with Crippen LogP contribution in [0.2, 0.25) is 0 Å². The molecular weight excluding hydrogens is 268 g/mol. The topological polar surface area (TPSA) is 78.4 Å². The summed E-state index contributed by atoms with van der Waals surface area (Å²) in [6.07, 6.45) is 6.04. The van der Waals surface area contributed by atoms with Crippen molar-refractivity contribution in [3.63, 3.8) is 0 Å². The number of carbonyl (C=O) groups is 1. The van der Waals surface area contributed by atoms with Gasteiger partial charge in [0.15, 0.2) is 0 Å². The van der Waals surface area contributed by atoms with Gasteiger partial charge in [-0.1, -0.05) is 0 Å². The van der Waals surface area contributed by atoms with E-state index in [4.69, 9.17) is 0 Å². The Hall–Kier alpha value is -1.69. The van der Waals surface area contributed by atoms with Crippen LogP contribution < -0.4 is 5.32 Å². The van der Waals surface area contributed by atoms with E-state index in [1.807, 2.05) is 19.3 Å². The Bertz CT molecular complexity index is 501. The zero-order valence-electron chi connectivity index (χ0n) is 12.3. The first-order chi connectivity index (χ1) is 10.2. The van der Waals surface area contributed by atoms with E-state index in [2.05, 4.69) is 20.2 Å². The predicted molar refractivity (Wildman–Crippen MR) is 78.8 cm³/mol. The highest BCUT2D eigenvalue weighted by Gasteiger charge is 2.45. The van der Waals surface area contributed by atoms with Crippen molar-refractivity contribution in [1.82, 2.24) is 14.9 Å². The van der Waals surface area contributed by atoms with E-state index in [1.165, 1.54) is 12.8 Å². The zero-order chi connectivity index (χ0) is 14.8. The van der Waals surface area contributed by atoms with Crippen LogP contribution in [0, 0.1) is 17.8 Å². The lowest BCUT2D eigenvalue weighted by Crippen LogP contribution is -2.24. The van der Waals surface area contributed by atoms with E-state index in [9.17, 15) is 9.90 Å². The maximum Gasteiger partial charge on any atom is 0.308 e. The Morgan fingerprint density at radius 3 is 2.67 bits per heavy atom. The third-order valence-corrected chi connectivity index (χ3v) is 4.43. The minimum Gasteiger partial charge on any atom is -0.481 e. The van der Waals surface area contributed by atoms with E-state index >= 15 is 0 Å². The van der Waals surface area contributed by atoms with Gasteiger partial charge in [0.2, 0.25) is 5.95 Å². The van der Waals surface area contributed by atoms with Crippen LogP contribution in [0.1, 0.15) is 25.3 Å². The third kappa shape index (κ3) is 3.32. The van der Waals surface area contributed by atoms with E-state index < -0.39 is 5.97 Å². The molecule has 1 saturated carbocycles. The van der Waals surface area contributed by atoms with Gasteiger partial charge in [-0.25, -0.2) is 9.97 Å². The molecular formula is C15H22N4O2. The SMILES string of the molecule is CCNc1ncc(CN2C[C@@H](C(=O)O)[C@H](C3CC3)C2)cn1. The summed E-state index contributed by atoms with van der Waals surface area (Å²) in [5.74, 6) is 0.738. The fourth-order valence-electron chi connectivity index (χ4n) is 3.25. The average molecular weight is 290 g/mol. The van der Waals surface area contributed by atoms with Crippen molar-refractivity contribution >= 4 is 11.9 Å². The molecule has 6 nitrogen and oxygen atoms in total. The molecule has 1 aliphatic carbocycles. The van der Waals surface area contributed by atoms with E-state index in [0.29, 0.717) is 24.3 Å². The van der Waals surface area contributed by atoms with Gasteiger partial charge in [-0.15, -0.1) is 0 Å². The number of rotatable bonds is 6. The molecule has 1 aromatic rings. The summed E-state index contributed by atoms with van der Waals surface area (Å²) in [6, 6.07) is 0. The maximum atomic E-state index is 11.4. The highest BCUT2D eigenvalue weighted by atomic mass is 16.4.